The summed E-state index contributed by atoms with van der Waals surface area (Å²) >= 11 is 1.68. The number of para-hydroxylation sites is 1. The quantitative estimate of drug-likeness (QED) is 0.841. The minimum absolute atomic E-state index is 0.115. The van der Waals surface area contributed by atoms with E-state index in [1.807, 2.05) is 67.8 Å². The molecule has 0 bridgehead atoms. The lowest BCUT2D eigenvalue weighted by Crippen LogP contribution is -2.34. The number of hydrogen-bond donors (Lipinski definition) is 1. The zero-order valence-electron chi connectivity index (χ0n) is 11.7. The highest BCUT2D eigenvalue weighted by Crippen LogP contribution is 2.19. The van der Waals surface area contributed by atoms with E-state index in [0.29, 0.717) is 6.54 Å². The van der Waals surface area contributed by atoms with E-state index in [1.54, 1.807) is 16.7 Å². The van der Waals surface area contributed by atoms with E-state index >= 15 is 0 Å². The van der Waals surface area contributed by atoms with E-state index in [9.17, 15) is 4.79 Å². The smallest absolute Gasteiger partial charge is 0.308 e. The van der Waals surface area contributed by atoms with Crippen LogP contribution in [0.1, 0.15) is 6.92 Å². The number of anilines is 2. The molecule has 0 radical (unpaired) electrons. The summed E-state index contributed by atoms with van der Waals surface area (Å²) in [4.78, 5) is 15.2. The van der Waals surface area contributed by atoms with Crippen LogP contribution in [0.25, 0.3) is 0 Å². The van der Waals surface area contributed by atoms with Gasteiger partial charge in [-0.2, -0.15) is 0 Å². The Labute approximate surface area is 124 Å². The van der Waals surface area contributed by atoms with Gasteiger partial charge in [-0.05, 0) is 49.6 Å². The van der Waals surface area contributed by atoms with E-state index in [0.717, 1.165) is 11.4 Å². The molecule has 0 atom stereocenters. The molecule has 0 unspecified atom stereocenters. The maximum atomic E-state index is 12.3. The summed E-state index contributed by atoms with van der Waals surface area (Å²) in [5, 5.41) is 2.92. The number of urea groups is 1. The van der Waals surface area contributed by atoms with E-state index < -0.39 is 0 Å². The minimum Gasteiger partial charge on any atom is -0.308 e. The monoisotopic (exact) mass is 286 g/mol. The maximum Gasteiger partial charge on any atom is 0.326 e. The number of hydrogen-bond acceptors (Lipinski definition) is 2. The van der Waals surface area contributed by atoms with Gasteiger partial charge in [-0.25, -0.2) is 4.79 Å². The van der Waals surface area contributed by atoms with Crippen LogP contribution >= 0.6 is 11.8 Å². The average Bonchev–Trinajstić information content (AvgIpc) is 2.50. The van der Waals surface area contributed by atoms with Crippen LogP contribution in [0.4, 0.5) is 16.2 Å². The van der Waals surface area contributed by atoms with Crippen molar-refractivity contribution in [3.05, 3.63) is 54.6 Å². The Hall–Kier alpha value is -1.94. The predicted molar refractivity (Wildman–Crippen MR) is 86.7 cm³/mol. The van der Waals surface area contributed by atoms with Crippen molar-refractivity contribution in [3.63, 3.8) is 0 Å². The Balaban J connectivity index is 2.09. The zero-order valence-corrected chi connectivity index (χ0v) is 12.5. The van der Waals surface area contributed by atoms with Crippen LogP contribution in [0.5, 0.6) is 0 Å². The summed E-state index contributed by atoms with van der Waals surface area (Å²) in [6, 6.07) is 17.4. The Morgan fingerprint density at radius 2 is 1.75 bits per heavy atom. The molecule has 0 saturated heterocycles. The maximum absolute atomic E-state index is 12.3. The summed E-state index contributed by atoms with van der Waals surface area (Å²) in [6.45, 7) is 2.59. The number of nitrogens with zero attached hydrogens (tertiary/aromatic N) is 1. The Kier molecular flexibility index (Phi) is 5.07. The van der Waals surface area contributed by atoms with Crippen molar-refractivity contribution in [2.24, 2.45) is 0 Å². The molecule has 0 heterocycles. The SMILES string of the molecule is CCN(C(=O)Nc1ccc(SC)cc1)c1ccccc1. The molecule has 0 fully saturated rings. The van der Waals surface area contributed by atoms with Gasteiger partial charge >= 0.3 is 6.03 Å². The first-order chi connectivity index (χ1) is 9.74. The third kappa shape index (κ3) is 3.54. The van der Waals surface area contributed by atoms with Crippen molar-refractivity contribution in [2.45, 2.75) is 11.8 Å². The third-order valence-corrected chi connectivity index (χ3v) is 3.71. The lowest BCUT2D eigenvalue weighted by molar-refractivity contribution is 0.257. The fraction of sp³-hybridized carbons (Fsp3) is 0.188. The van der Waals surface area contributed by atoms with Crippen LogP contribution in [0.3, 0.4) is 0 Å². The fourth-order valence-electron chi connectivity index (χ4n) is 1.92. The molecule has 2 rings (SSSR count). The molecule has 104 valence electrons. The van der Waals surface area contributed by atoms with Gasteiger partial charge in [0.1, 0.15) is 0 Å². The van der Waals surface area contributed by atoms with Gasteiger partial charge < -0.3 is 5.32 Å². The average molecular weight is 286 g/mol. The predicted octanol–water partition coefficient (Wildman–Crippen LogP) is 4.47. The number of carbonyl (C=O) groups is 1. The van der Waals surface area contributed by atoms with Gasteiger partial charge in [0.15, 0.2) is 0 Å². The van der Waals surface area contributed by atoms with Gasteiger partial charge in [0.25, 0.3) is 0 Å². The van der Waals surface area contributed by atoms with Crippen molar-refractivity contribution >= 4 is 29.2 Å². The second-order valence-electron chi connectivity index (χ2n) is 4.24. The van der Waals surface area contributed by atoms with Gasteiger partial charge in [0, 0.05) is 22.8 Å². The third-order valence-electron chi connectivity index (χ3n) is 2.97. The van der Waals surface area contributed by atoms with Gasteiger partial charge in [0.05, 0.1) is 0 Å². The number of rotatable bonds is 4. The molecule has 2 aromatic rings. The Morgan fingerprint density at radius 3 is 2.30 bits per heavy atom. The molecule has 0 aliphatic rings. The summed E-state index contributed by atoms with van der Waals surface area (Å²) in [6.07, 6.45) is 2.03. The summed E-state index contributed by atoms with van der Waals surface area (Å²) in [5.41, 5.74) is 1.70. The highest BCUT2D eigenvalue weighted by atomic mass is 32.2. The molecule has 1 N–H and O–H groups in total. The van der Waals surface area contributed by atoms with Crippen molar-refractivity contribution in [2.75, 3.05) is 23.0 Å². The number of carbonyl (C=O) groups excluding carboxylic acids is 1. The zero-order chi connectivity index (χ0) is 14.4. The topological polar surface area (TPSA) is 32.3 Å². The van der Waals surface area contributed by atoms with Crippen molar-refractivity contribution < 1.29 is 4.79 Å². The first-order valence-corrected chi connectivity index (χ1v) is 7.74. The molecular weight excluding hydrogens is 268 g/mol. The first-order valence-electron chi connectivity index (χ1n) is 6.52. The highest BCUT2D eigenvalue weighted by Gasteiger charge is 2.13. The molecule has 20 heavy (non-hydrogen) atoms. The summed E-state index contributed by atoms with van der Waals surface area (Å²) in [5.74, 6) is 0. The van der Waals surface area contributed by atoms with Gasteiger partial charge in [-0.15, -0.1) is 11.8 Å². The molecule has 2 amide bonds. The number of nitrogens with one attached hydrogen (secondary N) is 1. The van der Waals surface area contributed by atoms with E-state index in [4.69, 9.17) is 0 Å². The first kappa shape index (κ1) is 14.5. The molecule has 0 saturated carbocycles. The number of benzene rings is 2. The van der Waals surface area contributed by atoms with Crippen molar-refractivity contribution in [1.29, 1.82) is 0 Å². The standard InChI is InChI=1S/C16H18N2OS/c1-3-18(14-7-5-4-6-8-14)16(19)17-13-9-11-15(20-2)12-10-13/h4-12H,3H2,1-2H3,(H,17,19). The van der Waals surface area contributed by atoms with E-state index in [2.05, 4.69) is 5.32 Å². The lowest BCUT2D eigenvalue weighted by Gasteiger charge is -2.21. The minimum atomic E-state index is -0.115. The molecule has 0 aromatic heterocycles. The normalized spacial score (nSPS) is 10.1. The van der Waals surface area contributed by atoms with Crippen LogP contribution in [0.15, 0.2) is 59.5 Å². The van der Waals surface area contributed by atoms with Crippen LogP contribution in [0.2, 0.25) is 0 Å². The van der Waals surface area contributed by atoms with Crippen LogP contribution < -0.4 is 10.2 Å². The van der Waals surface area contributed by atoms with Crippen LogP contribution in [-0.4, -0.2) is 18.8 Å². The highest BCUT2D eigenvalue weighted by molar-refractivity contribution is 7.98. The van der Waals surface area contributed by atoms with E-state index in [-0.39, 0.29) is 6.03 Å². The molecule has 4 heteroatoms. The van der Waals surface area contributed by atoms with Crippen molar-refractivity contribution in [3.8, 4) is 0 Å². The lowest BCUT2D eigenvalue weighted by atomic mass is 10.3. The van der Waals surface area contributed by atoms with Gasteiger partial charge in [-0.3, -0.25) is 4.90 Å². The largest absolute Gasteiger partial charge is 0.326 e. The summed E-state index contributed by atoms with van der Waals surface area (Å²) < 4.78 is 0. The molecular formula is C16H18N2OS. The molecule has 0 aliphatic carbocycles. The fourth-order valence-corrected chi connectivity index (χ4v) is 2.32. The van der Waals surface area contributed by atoms with E-state index in [1.165, 1.54) is 4.90 Å². The molecule has 0 spiro atoms. The number of amides is 2. The van der Waals surface area contributed by atoms with Gasteiger partial charge in [-0.1, -0.05) is 18.2 Å². The molecule has 0 aliphatic heterocycles. The number of thioether (sulfide) groups is 1. The Bertz CT molecular complexity index is 554. The second-order valence-corrected chi connectivity index (χ2v) is 5.12. The second kappa shape index (κ2) is 7.01. The molecule has 3 nitrogen and oxygen atoms in total. The van der Waals surface area contributed by atoms with Gasteiger partial charge in [0.2, 0.25) is 0 Å². The van der Waals surface area contributed by atoms with Crippen LogP contribution in [0, 0.1) is 0 Å². The van der Waals surface area contributed by atoms with Crippen molar-refractivity contribution in [1.82, 2.24) is 0 Å². The molecule has 2 aromatic carbocycles. The summed E-state index contributed by atoms with van der Waals surface area (Å²) in [7, 11) is 0. The Morgan fingerprint density at radius 1 is 1.10 bits per heavy atom. The van der Waals surface area contributed by atoms with Crippen LogP contribution in [-0.2, 0) is 0 Å².